The highest BCUT2D eigenvalue weighted by molar-refractivity contribution is 5.88. The fraction of sp³-hybridized carbons (Fsp3) is 0.727. The number of carboxylic acids is 1. The maximum Gasteiger partial charge on any atom is 0.326 e. The highest BCUT2D eigenvalue weighted by Gasteiger charge is 2.38. The second-order valence-electron chi connectivity index (χ2n) is 4.70. The van der Waals surface area contributed by atoms with Gasteiger partial charge in [-0.1, -0.05) is 0 Å². The summed E-state index contributed by atoms with van der Waals surface area (Å²) >= 11 is 0. The van der Waals surface area contributed by atoms with Gasteiger partial charge < -0.3 is 16.2 Å². The van der Waals surface area contributed by atoms with Crippen LogP contribution in [-0.2, 0) is 14.4 Å². The van der Waals surface area contributed by atoms with Gasteiger partial charge in [-0.15, -0.1) is 0 Å². The van der Waals surface area contributed by atoms with Gasteiger partial charge in [0, 0.05) is 18.8 Å². The molecule has 1 fully saturated rings. The van der Waals surface area contributed by atoms with E-state index in [0.717, 1.165) is 0 Å². The number of carboxylic acid groups (broad SMARTS) is 1. The van der Waals surface area contributed by atoms with Gasteiger partial charge in [-0.3, -0.25) is 9.59 Å². The molecule has 6 nitrogen and oxygen atoms in total. The Labute approximate surface area is 108 Å². The van der Waals surface area contributed by atoms with E-state index in [9.17, 15) is 23.2 Å². The van der Waals surface area contributed by atoms with Crippen LogP contribution in [0.1, 0.15) is 32.1 Å². The number of nitrogens with one attached hydrogen (secondary N) is 1. The number of halogens is 2. The third kappa shape index (κ3) is 4.80. The van der Waals surface area contributed by atoms with Crippen molar-refractivity contribution in [1.82, 2.24) is 5.32 Å². The molecule has 108 valence electrons. The minimum Gasteiger partial charge on any atom is -0.480 e. The number of rotatable bonds is 5. The number of nitrogens with two attached hydrogens (primary N) is 1. The first-order chi connectivity index (χ1) is 8.71. The average Bonchev–Trinajstić information content (AvgIpc) is 2.27. The Morgan fingerprint density at radius 3 is 2.26 bits per heavy atom. The summed E-state index contributed by atoms with van der Waals surface area (Å²) in [5.41, 5.74) is 4.87. The van der Waals surface area contributed by atoms with Crippen LogP contribution in [0.2, 0.25) is 0 Å². The van der Waals surface area contributed by atoms with Crippen molar-refractivity contribution in [3.05, 3.63) is 0 Å². The van der Waals surface area contributed by atoms with Crippen LogP contribution in [0.4, 0.5) is 8.78 Å². The van der Waals surface area contributed by atoms with Crippen molar-refractivity contribution in [1.29, 1.82) is 0 Å². The maximum absolute atomic E-state index is 12.9. The SMILES string of the molecule is NC(=O)C[C@H](NC(=O)C1CCC(F)(F)CC1)C(=O)O. The van der Waals surface area contributed by atoms with Gasteiger partial charge in [0.15, 0.2) is 0 Å². The van der Waals surface area contributed by atoms with E-state index in [2.05, 4.69) is 5.32 Å². The molecule has 0 aromatic carbocycles. The van der Waals surface area contributed by atoms with Crippen molar-refractivity contribution in [3.63, 3.8) is 0 Å². The molecule has 19 heavy (non-hydrogen) atoms. The zero-order valence-electron chi connectivity index (χ0n) is 10.2. The molecule has 0 aliphatic heterocycles. The Morgan fingerprint density at radius 1 is 1.32 bits per heavy atom. The van der Waals surface area contributed by atoms with Crippen LogP contribution in [0.5, 0.6) is 0 Å². The quantitative estimate of drug-likeness (QED) is 0.669. The van der Waals surface area contributed by atoms with Gasteiger partial charge in [0.1, 0.15) is 6.04 Å². The fourth-order valence-corrected chi connectivity index (χ4v) is 1.99. The summed E-state index contributed by atoms with van der Waals surface area (Å²) in [5.74, 6) is -6.26. The normalized spacial score (nSPS) is 20.5. The molecule has 0 bridgehead atoms. The summed E-state index contributed by atoms with van der Waals surface area (Å²) in [6.45, 7) is 0. The number of hydrogen-bond acceptors (Lipinski definition) is 3. The van der Waals surface area contributed by atoms with Crippen LogP contribution in [-0.4, -0.2) is 34.9 Å². The van der Waals surface area contributed by atoms with E-state index < -0.39 is 54.9 Å². The largest absolute Gasteiger partial charge is 0.480 e. The van der Waals surface area contributed by atoms with Crippen molar-refractivity contribution >= 4 is 17.8 Å². The molecule has 8 heteroatoms. The summed E-state index contributed by atoms with van der Waals surface area (Å²) in [6.07, 6.45) is -1.30. The topological polar surface area (TPSA) is 109 Å². The molecule has 1 aliphatic rings. The lowest BCUT2D eigenvalue weighted by atomic mass is 9.86. The number of amides is 2. The molecule has 0 aromatic rings. The Morgan fingerprint density at radius 2 is 1.84 bits per heavy atom. The number of hydrogen-bond donors (Lipinski definition) is 3. The van der Waals surface area contributed by atoms with Crippen LogP contribution in [0.25, 0.3) is 0 Å². The second-order valence-corrected chi connectivity index (χ2v) is 4.70. The molecular formula is C11H16F2N2O4. The molecule has 0 heterocycles. The minimum absolute atomic E-state index is 0.00173. The van der Waals surface area contributed by atoms with Gasteiger partial charge in [0.25, 0.3) is 0 Å². The highest BCUT2D eigenvalue weighted by atomic mass is 19.3. The van der Waals surface area contributed by atoms with Crippen molar-refractivity contribution in [2.75, 3.05) is 0 Å². The monoisotopic (exact) mass is 278 g/mol. The van der Waals surface area contributed by atoms with Gasteiger partial charge in [-0.2, -0.15) is 0 Å². The summed E-state index contributed by atoms with van der Waals surface area (Å²) in [4.78, 5) is 33.2. The average molecular weight is 278 g/mol. The lowest BCUT2D eigenvalue weighted by Gasteiger charge is -2.28. The zero-order chi connectivity index (χ0) is 14.6. The summed E-state index contributed by atoms with van der Waals surface area (Å²) in [7, 11) is 0. The van der Waals surface area contributed by atoms with Gasteiger partial charge in [-0.25, -0.2) is 13.6 Å². The molecule has 0 unspecified atom stereocenters. The van der Waals surface area contributed by atoms with Gasteiger partial charge in [0.2, 0.25) is 17.7 Å². The number of alkyl halides is 2. The van der Waals surface area contributed by atoms with Crippen molar-refractivity contribution < 1.29 is 28.3 Å². The molecular weight excluding hydrogens is 262 g/mol. The van der Waals surface area contributed by atoms with Crippen LogP contribution in [0.3, 0.4) is 0 Å². The van der Waals surface area contributed by atoms with E-state index in [4.69, 9.17) is 10.8 Å². The maximum atomic E-state index is 12.9. The lowest BCUT2D eigenvalue weighted by Crippen LogP contribution is -2.46. The first-order valence-corrected chi connectivity index (χ1v) is 5.90. The molecule has 1 rings (SSSR count). The lowest BCUT2D eigenvalue weighted by molar-refractivity contribution is -0.144. The molecule has 1 aliphatic carbocycles. The van der Waals surface area contributed by atoms with E-state index in [-0.39, 0.29) is 12.8 Å². The number of primary amides is 1. The zero-order valence-corrected chi connectivity index (χ0v) is 10.2. The number of carbonyl (C=O) groups excluding carboxylic acids is 2. The highest BCUT2D eigenvalue weighted by Crippen LogP contribution is 2.36. The second kappa shape index (κ2) is 5.94. The molecule has 0 aromatic heterocycles. The van der Waals surface area contributed by atoms with Crippen LogP contribution < -0.4 is 11.1 Å². The van der Waals surface area contributed by atoms with Gasteiger partial charge in [-0.05, 0) is 12.8 Å². The van der Waals surface area contributed by atoms with Crippen LogP contribution >= 0.6 is 0 Å². The molecule has 4 N–H and O–H groups in total. The predicted molar refractivity (Wildman–Crippen MR) is 60.3 cm³/mol. The Kier molecular flexibility index (Phi) is 4.79. The Hall–Kier alpha value is -1.73. The molecule has 0 radical (unpaired) electrons. The Bertz CT molecular complexity index is 377. The van der Waals surface area contributed by atoms with Crippen molar-refractivity contribution in [2.24, 2.45) is 11.7 Å². The third-order valence-corrected chi connectivity index (χ3v) is 3.11. The molecule has 0 saturated heterocycles. The van der Waals surface area contributed by atoms with Gasteiger partial charge >= 0.3 is 5.97 Å². The molecule has 2 amide bonds. The Balaban J connectivity index is 2.53. The molecule has 1 atom stereocenters. The summed E-state index contributed by atoms with van der Waals surface area (Å²) in [6, 6.07) is -1.41. The van der Waals surface area contributed by atoms with Crippen molar-refractivity contribution in [3.8, 4) is 0 Å². The third-order valence-electron chi connectivity index (χ3n) is 3.11. The van der Waals surface area contributed by atoms with Gasteiger partial charge in [0.05, 0.1) is 6.42 Å². The van der Waals surface area contributed by atoms with E-state index in [0.29, 0.717) is 0 Å². The fourth-order valence-electron chi connectivity index (χ4n) is 1.99. The number of carbonyl (C=O) groups is 3. The number of aliphatic carboxylic acids is 1. The van der Waals surface area contributed by atoms with E-state index in [1.807, 2.05) is 0 Å². The first-order valence-electron chi connectivity index (χ1n) is 5.90. The summed E-state index contributed by atoms with van der Waals surface area (Å²) < 4.78 is 25.8. The smallest absolute Gasteiger partial charge is 0.326 e. The summed E-state index contributed by atoms with van der Waals surface area (Å²) in [5, 5.41) is 11.0. The minimum atomic E-state index is -2.75. The van der Waals surface area contributed by atoms with E-state index in [1.165, 1.54) is 0 Å². The standard InChI is InChI=1S/C11H16F2N2O4/c12-11(13)3-1-6(2-4-11)9(17)15-7(10(18)19)5-8(14)16/h6-7H,1-5H2,(H2,14,16)(H,15,17)(H,18,19)/t7-/m0/s1. The van der Waals surface area contributed by atoms with E-state index >= 15 is 0 Å². The van der Waals surface area contributed by atoms with E-state index in [1.54, 1.807) is 0 Å². The van der Waals surface area contributed by atoms with Crippen LogP contribution in [0.15, 0.2) is 0 Å². The van der Waals surface area contributed by atoms with Crippen molar-refractivity contribution in [2.45, 2.75) is 44.1 Å². The molecule has 1 saturated carbocycles. The first kappa shape index (κ1) is 15.3. The van der Waals surface area contributed by atoms with Crippen LogP contribution in [0, 0.1) is 5.92 Å². The molecule has 0 spiro atoms. The predicted octanol–water partition coefficient (Wildman–Crippen LogP) is 0.257.